The number of hydrogen-bond acceptors (Lipinski definition) is 6. The van der Waals surface area contributed by atoms with E-state index in [1.807, 2.05) is 27.7 Å². The molecule has 2 heterocycles. The summed E-state index contributed by atoms with van der Waals surface area (Å²) in [6, 6.07) is 1.17. The van der Waals surface area contributed by atoms with Crippen molar-refractivity contribution in [2.24, 2.45) is 0 Å². The van der Waals surface area contributed by atoms with Crippen molar-refractivity contribution in [1.29, 1.82) is 0 Å². The van der Waals surface area contributed by atoms with E-state index in [0.29, 0.717) is 13.1 Å². The fourth-order valence-electron chi connectivity index (χ4n) is 3.39. The molecule has 1 aromatic carbocycles. The summed E-state index contributed by atoms with van der Waals surface area (Å²) in [5, 5.41) is 3.11. The Balaban J connectivity index is 1.80. The zero-order valence-electron chi connectivity index (χ0n) is 17.7. The smallest absolute Gasteiger partial charge is 0.410 e. The van der Waals surface area contributed by atoms with Gasteiger partial charge in [-0.25, -0.2) is 14.2 Å². The Morgan fingerprint density at radius 2 is 2.16 bits per heavy atom. The quantitative estimate of drug-likeness (QED) is 0.596. The lowest BCUT2D eigenvalue weighted by Gasteiger charge is -2.40. The topological polar surface area (TPSA) is 96.5 Å². The summed E-state index contributed by atoms with van der Waals surface area (Å²) in [6.07, 6.45) is 0.396. The minimum absolute atomic E-state index is 0.00100. The molecular weight excluding hydrogens is 495 g/mol. The summed E-state index contributed by atoms with van der Waals surface area (Å²) in [5.74, 6) is -0.537. The highest BCUT2D eigenvalue weighted by Gasteiger charge is 2.33. The lowest BCUT2D eigenvalue weighted by Crippen LogP contribution is -2.60. The van der Waals surface area contributed by atoms with Crippen LogP contribution in [0.4, 0.5) is 9.18 Å². The van der Waals surface area contributed by atoms with Gasteiger partial charge in [-0.3, -0.25) is 9.78 Å². The van der Waals surface area contributed by atoms with Crippen LogP contribution in [-0.2, 0) is 4.74 Å². The van der Waals surface area contributed by atoms with Crippen LogP contribution >= 0.6 is 27.5 Å². The Bertz CT molecular complexity index is 1040. The van der Waals surface area contributed by atoms with Gasteiger partial charge in [0.2, 0.25) is 5.28 Å². The second-order valence-corrected chi connectivity index (χ2v) is 9.57. The van der Waals surface area contributed by atoms with Crippen molar-refractivity contribution in [2.75, 3.05) is 19.7 Å². The number of ether oxygens (including phenoxy) is 2. The first kappa shape index (κ1) is 23.7. The van der Waals surface area contributed by atoms with E-state index in [1.165, 1.54) is 6.07 Å². The Hall–Kier alpha value is -1.91. The van der Waals surface area contributed by atoms with Gasteiger partial charge >= 0.3 is 6.09 Å². The Kier molecular flexibility index (Phi) is 7.12. The van der Waals surface area contributed by atoms with E-state index < -0.39 is 17.0 Å². The predicted octanol–water partition coefficient (Wildman–Crippen LogP) is 3.84. The van der Waals surface area contributed by atoms with Gasteiger partial charge in [-0.15, -0.1) is 0 Å². The first-order valence-electron chi connectivity index (χ1n) is 9.93. The Morgan fingerprint density at radius 3 is 2.81 bits per heavy atom. The Morgan fingerprint density at radius 1 is 1.45 bits per heavy atom. The van der Waals surface area contributed by atoms with Gasteiger partial charge in [-0.1, -0.05) is 6.92 Å². The third-order valence-electron chi connectivity index (χ3n) is 4.85. The van der Waals surface area contributed by atoms with Crippen LogP contribution in [0.5, 0.6) is 5.75 Å². The average molecular weight is 520 g/mol. The van der Waals surface area contributed by atoms with E-state index in [-0.39, 0.29) is 51.2 Å². The molecule has 0 spiro atoms. The van der Waals surface area contributed by atoms with Gasteiger partial charge in [-0.05, 0) is 60.8 Å². The van der Waals surface area contributed by atoms with Crippen molar-refractivity contribution in [3.05, 3.63) is 32.0 Å². The number of nitrogens with zero attached hydrogens (tertiary/aromatic N) is 2. The fraction of sp³-hybridized carbons (Fsp3) is 0.550. The largest absolute Gasteiger partial charge is 0.491 e. The normalized spacial score (nSPS) is 19.5. The molecule has 0 radical (unpaired) electrons. The van der Waals surface area contributed by atoms with Gasteiger partial charge in [0, 0.05) is 19.1 Å². The van der Waals surface area contributed by atoms with Crippen LogP contribution in [0.2, 0.25) is 5.28 Å². The molecule has 8 nitrogen and oxygen atoms in total. The van der Waals surface area contributed by atoms with Crippen LogP contribution < -0.4 is 15.6 Å². The zero-order valence-corrected chi connectivity index (χ0v) is 20.1. The predicted molar refractivity (Wildman–Crippen MR) is 119 cm³/mol. The maximum absolute atomic E-state index is 14.4. The molecule has 0 saturated carbocycles. The maximum atomic E-state index is 14.4. The molecule has 2 atom stereocenters. The van der Waals surface area contributed by atoms with Crippen molar-refractivity contribution in [2.45, 2.75) is 51.8 Å². The van der Waals surface area contributed by atoms with Gasteiger partial charge in [0.25, 0.3) is 5.56 Å². The molecule has 1 aromatic heterocycles. The van der Waals surface area contributed by atoms with Crippen LogP contribution in [0, 0.1) is 5.82 Å². The molecule has 1 fully saturated rings. The number of hydrogen-bond donors (Lipinski definition) is 2. The molecule has 1 aliphatic heterocycles. The zero-order chi connectivity index (χ0) is 22.9. The molecule has 170 valence electrons. The number of fused-ring (bicyclic) bond motifs is 1. The minimum atomic E-state index is -0.701. The van der Waals surface area contributed by atoms with Gasteiger partial charge in [0.05, 0.1) is 10.5 Å². The molecule has 0 aliphatic carbocycles. The first-order chi connectivity index (χ1) is 14.5. The summed E-state index contributed by atoms with van der Waals surface area (Å²) in [4.78, 5) is 32.9. The standard InChI is InChI=1S/C20H25BrClFN4O4/c1-5-11-7-24-10(8-27(11)19(29)31-20(2,3)4)9-30-13-6-12(21)15(23)16-14(13)17(28)26-18(22)25-16/h6,10-11,24H,5,7-9H2,1-4H3,(H,25,26,28)/t10-,11+/m0/s1. The lowest BCUT2D eigenvalue weighted by molar-refractivity contribution is 0.00471. The van der Waals surface area contributed by atoms with Gasteiger partial charge in [0.1, 0.15) is 28.9 Å². The molecular formula is C20H25BrClFN4O4. The van der Waals surface area contributed by atoms with Crippen LogP contribution in [0.1, 0.15) is 34.1 Å². The summed E-state index contributed by atoms with van der Waals surface area (Å²) < 4.78 is 26.0. The number of nitrogens with one attached hydrogen (secondary N) is 2. The summed E-state index contributed by atoms with van der Waals surface area (Å²) >= 11 is 8.89. The van der Waals surface area contributed by atoms with E-state index >= 15 is 0 Å². The van der Waals surface area contributed by atoms with Crippen LogP contribution in [0.3, 0.4) is 0 Å². The van der Waals surface area contributed by atoms with Crippen LogP contribution in [0.15, 0.2) is 15.3 Å². The molecule has 31 heavy (non-hydrogen) atoms. The number of piperazine rings is 1. The van der Waals surface area contributed by atoms with E-state index in [0.717, 1.165) is 6.42 Å². The maximum Gasteiger partial charge on any atom is 0.410 e. The van der Waals surface area contributed by atoms with E-state index in [9.17, 15) is 14.0 Å². The van der Waals surface area contributed by atoms with E-state index in [1.54, 1.807) is 4.90 Å². The van der Waals surface area contributed by atoms with Crippen molar-refractivity contribution in [1.82, 2.24) is 20.2 Å². The number of carbonyl (C=O) groups excluding carboxylic acids is 1. The van der Waals surface area contributed by atoms with E-state index in [2.05, 4.69) is 31.2 Å². The third-order valence-corrected chi connectivity index (χ3v) is 5.61. The summed E-state index contributed by atoms with van der Waals surface area (Å²) in [5.41, 5.74) is -1.38. The van der Waals surface area contributed by atoms with Gasteiger partial charge in [0.15, 0.2) is 5.82 Å². The van der Waals surface area contributed by atoms with Crippen LogP contribution in [-0.4, -0.2) is 58.3 Å². The number of amides is 1. The fourth-order valence-corrected chi connectivity index (χ4v) is 3.95. The lowest BCUT2D eigenvalue weighted by atomic mass is 10.1. The third kappa shape index (κ3) is 5.48. The Labute approximate surface area is 192 Å². The second kappa shape index (κ2) is 9.30. The number of benzene rings is 1. The molecule has 2 N–H and O–H groups in total. The summed E-state index contributed by atoms with van der Waals surface area (Å²) in [6.45, 7) is 8.57. The minimum Gasteiger partial charge on any atom is -0.491 e. The molecule has 2 aromatic rings. The molecule has 3 rings (SSSR count). The highest BCUT2D eigenvalue weighted by Crippen LogP contribution is 2.31. The monoisotopic (exact) mass is 518 g/mol. The molecule has 0 unspecified atom stereocenters. The molecule has 1 amide bonds. The first-order valence-corrected chi connectivity index (χ1v) is 11.1. The van der Waals surface area contributed by atoms with E-state index in [4.69, 9.17) is 21.1 Å². The van der Waals surface area contributed by atoms with Crippen molar-refractivity contribution >= 4 is 44.5 Å². The number of carbonyl (C=O) groups is 1. The molecule has 11 heteroatoms. The SMILES string of the molecule is CC[C@@H]1CN[C@H](COc2cc(Br)c(F)c3nc(Cl)[nH]c(=O)c23)CN1C(=O)OC(C)(C)C. The van der Waals surface area contributed by atoms with Crippen molar-refractivity contribution in [3.8, 4) is 5.75 Å². The number of halogens is 3. The molecule has 1 aliphatic rings. The highest BCUT2D eigenvalue weighted by molar-refractivity contribution is 9.10. The van der Waals surface area contributed by atoms with Crippen molar-refractivity contribution in [3.63, 3.8) is 0 Å². The van der Waals surface area contributed by atoms with Crippen LogP contribution in [0.25, 0.3) is 10.9 Å². The van der Waals surface area contributed by atoms with Crippen molar-refractivity contribution < 1.29 is 18.7 Å². The number of rotatable bonds is 4. The number of H-pyrrole nitrogens is 1. The van der Waals surface area contributed by atoms with Gasteiger partial charge in [-0.2, -0.15) is 0 Å². The summed E-state index contributed by atoms with van der Waals surface area (Å²) in [7, 11) is 0. The average Bonchev–Trinajstić information content (AvgIpc) is 2.67. The second-order valence-electron chi connectivity index (χ2n) is 8.36. The number of aromatic nitrogens is 2. The number of aromatic amines is 1. The molecule has 1 saturated heterocycles. The molecule has 0 bridgehead atoms. The van der Waals surface area contributed by atoms with Gasteiger partial charge < -0.3 is 19.7 Å². The highest BCUT2D eigenvalue weighted by atomic mass is 79.9.